The molecule has 1 amide bonds. The number of hydrogen-bond acceptors (Lipinski definition) is 6. The van der Waals surface area contributed by atoms with Crippen LogP contribution in [0.2, 0.25) is 0 Å². The second-order valence-electron chi connectivity index (χ2n) is 6.61. The molecule has 24 heavy (non-hydrogen) atoms. The van der Waals surface area contributed by atoms with Crippen LogP contribution in [0.4, 0.5) is 5.13 Å². The second kappa shape index (κ2) is 8.78. The minimum absolute atomic E-state index is 0.155. The fraction of sp³-hybridized carbons (Fsp3) is 0.765. The zero-order valence-electron chi connectivity index (χ0n) is 14.5. The summed E-state index contributed by atoms with van der Waals surface area (Å²) in [5, 5.41) is 3.09. The van der Waals surface area contributed by atoms with Gasteiger partial charge in [0.2, 0.25) is 5.91 Å². The Bertz CT molecular complexity index is 511. The highest BCUT2D eigenvalue weighted by atomic mass is 32.1. The van der Waals surface area contributed by atoms with Crippen molar-refractivity contribution >= 4 is 22.4 Å². The number of carbonyl (C=O) groups is 1. The van der Waals surface area contributed by atoms with Gasteiger partial charge in [-0.05, 0) is 25.8 Å². The predicted octanol–water partition coefficient (Wildman–Crippen LogP) is 1.54. The minimum atomic E-state index is 0.155. The van der Waals surface area contributed by atoms with Crippen LogP contribution in [-0.4, -0.2) is 80.2 Å². The van der Waals surface area contributed by atoms with E-state index in [2.05, 4.69) is 19.7 Å². The Morgan fingerprint density at radius 2 is 2.21 bits per heavy atom. The number of nitrogens with zero attached hydrogens (tertiary/aromatic N) is 4. The summed E-state index contributed by atoms with van der Waals surface area (Å²) in [5.74, 6) is 0.500. The van der Waals surface area contributed by atoms with Crippen molar-refractivity contribution < 1.29 is 9.53 Å². The number of piperidine rings is 1. The lowest BCUT2D eigenvalue weighted by Crippen LogP contribution is -2.46. The molecule has 0 radical (unpaired) electrons. The number of hydrogen-bond donors (Lipinski definition) is 0. The van der Waals surface area contributed by atoms with E-state index in [1.807, 2.05) is 11.6 Å². The largest absolute Gasteiger partial charge is 0.383 e. The van der Waals surface area contributed by atoms with Crippen LogP contribution in [0.15, 0.2) is 11.6 Å². The molecule has 1 atom stereocenters. The van der Waals surface area contributed by atoms with E-state index >= 15 is 0 Å². The maximum absolute atomic E-state index is 13.0. The lowest BCUT2D eigenvalue weighted by molar-refractivity contribution is -0.137. The number of methoxy groups -OCH3 is 1. The first kappa shape index (κ1) is 17.6. The van der Waals surface area contributed by atoms with E-state index in [0.29, 0.717) is 5.91 Å². The van der Waals surface area contributed by atoms with E-state index < -0.39 is 0 Å². The van der Waals surface area contributed by atoms with Gasteiger partial charge in [0.25, 0.3) is 0 Å². The number of likely N-dealkylation sites (tertiary alicyclic amines) is 1. The zero-order chi connectivity index (χ0) is 16.8. The number of rotatable bonds is 5. The van der Waals surface area contributed by atoms with Crippen LogP contribution in [-0.2, 0) is 9.53 Å². The Morgan fingerprint density at radius 1 is 1.29 bits per heavy atom. The van der Waals surface area contributed by atoms with Crippen molar-refractivity contribution in [2.45, 2.75) is 19.3 Å². The molecule has 0 aliphatic carbocycles. The fourth-order valence-electron chi connectivity index (χ4n) is 3.64. The van der Waals surface area contributed by atoms with Crippen molar-refractivity contribution in [3.8, 4) is 0 Å². The van der Waals surface area contributed by atoms with E-state index in [4.69, 9.17) is 4.74 Å². The average molecular weight is 353 g/mol. The van der Waals surface area contributed by atoms with E-state index in [1.165, 1.54) is 0 Å². The third-order valence-electron chi connectivity index (χ3n) is 4.96. The van der Waals surface area contributed by atoms with E-state index in [0.717, 1.165) is 76.8 Å². The standard InChI is InChI=1S/C17H28N4O2S/c1-23-12-11-19-6-2-4-15(14-19)16(22)20-7-3-8-21(10-9-20)17-18-5-13-24-17/h5,13,15H,2-4,6-12,14H2,1H3. The Hall–Kier alpha value is -1.18. The minimum Gasteiger partial charge on any atom is -0.383 e. The van der Waals surface area contributed by atoms with Gasteiger partial charge in [0, 0.05) is 58.0 Å². The maximum atomic E-state index is 13.0. The molecule has 0 spiro atoms. The highest BCUT2D eigenvalue weighted by Gasteiger charge is 2.30. The molecular formula is C17H28N4O2S. The van der Waals surface area contributed by atoms with Crippen LogP contribution in [0, 0.1) is 5.92 Å². The summed E-state index contributed by atoms with van der Waals surface area (Å²) >= 11 is 1.68. The molecule has 1 aromatic heterocycles. The summed E-state index contributed by atoms with van der Waals surface area (Å²) in [5.41, 5.74) is 0. The van der Waals surface area contributed by atoms with Gasteiger partial charge in [-0.1, -0.05) is 0 Å². The first-order valence-corrected chi connectivity index (χ1v) is 9.80. The highest BCUT2D eigenvalue weighted by Crippen LogP contribution is 2.22. The molecule has 2 fully saturated rings. The quantitative estimate of drug-likeness (QED) is 0.805. The van der Waals surface area contributed by atoms with Gasteiger partial charge in [-0.3, -0.25) is 4.79 Å². The number of carbonyl (C=O) groups excluding carboxylic acids is 1. The monoisotopic (exact) mass is 352 g/mol. The zero-order valence-corrected chi connectivity index (χ0v) is 15.3. The Labute approximate surface area is 148 Å². The van der Waals surface area contributed by atoms with Crippen molar-refractivity contribution in [3.05, 3.63) is 11.6 Å². The van der Waals surface area contributed by atoms with Crippen molar-refractivity contribution in [1.82, 2.24) is 14.8 Å². The van der Waals surface area contributed by atoms with Gasteiger partial charge in [-0.2, -0.15) is 0 Å². The molecule has 0 aromatic carbocycles. The normalized spacial score (nSPS) is 23.3. The van der Waals surface area contributed by atoms with E-state index in [-0.39, 0.29) is 5.92 Å². The molecule has 2 aliphatic rings. The van der Waals surface area contributed by atoms with Crippen LogP contribution in [0.5, 0.6) is 0 Å². The van der Waals surface area contributed by atoms with Gasteiger partial charge in [-0.25, -0.2) is 4.98 Å². The van der Waals surface area contributed by atoms with E-state index in [9.17, 15) is 4.79 Å². The first-order valence-electron chi connectivity index (χ1n) is 8.92. The first-order chi connectivity index (χ1) is 11.8. The Morgan fingerprint density at radius 3 is 3.00 bits per heavy atom. The molecule has 7 heteroatoms. The van der Waals surface area contributed by atoms with Gasteiger partial charge < -0.3 is 19.4 Å². The fourth-order valence-corrected chi connectivity index (χ4v) is 4.34. The third kappa shape index (κ3) is 4.46. The summed E-state index contributed by atoms with van der Waals surface area (Å²) < 4.78 is 5.17. The van der Waals surface area contributed by atoms with Gasteiger partial charge in [-0.15, -0.1) is 11.3 Å². The van der Waals surface area contributed by atoms with Crippen LogP contribution < -0.4 is 4.90 Å². The van der Waals surface area contributed by atoms with Crippen molar-refractivity contribution in [2.75, 3.05) is 64.4 Å². The number of aromatic nitrogens is 1. The molecule has 0 bridgehead atoms. The number of thiazole rings is 1. The number of anilines is 1. The molecule has 0 saturated carbocycles. The smallest absolute Gasteiger partial charge is 0.227 e. The molecule has 3 heterocycles. The molecule has 1 aromatic rings. The maximum Gasteiger partial charge on any atom is 0.227 e. The molecule has 0 N–H and O–H groups in total. The van der Waals surface area contributed by atoms with Gasteiger partial charge >= 0.3 is 0 Å². The van der Waals surface area contributed by atoms with Crippen LogP contribution >= 0.6 is 11.3 Å². The van der Waals surface area contributed by atoms with E-state index in [1.54, 1.807) is 18.4 Å². The van der Waals surface area contributed by atoms with Crippen molar-refractivity contribution in [3.63, 3.8) is 0 Å². The summed E-state index contributed by atoms with van der Waals surface area (Å²) in [6.07, 6.45) is 5.00. The molecule has 2 aliphatic heterocycles. The van der Waals surface area contributed by atoms with Crippen molar-refractivity contribution in [1.29, 1.82) is 0 Å². The molecule has 3 rings (SSSR count). The Balaban J connectivity index is 1.53. The SMILES string of the molecule is COCCN1CCCC(C(=O)N2CCCN(c3nccs3)CC2)C1. The van der Waals surface area contributed by atoms with Crippen LogP contribution in [0.1, 0.15) is 19.3 Å². The molecule has 6 nitrogen and oxygen atoms in total. The van der Waals surface area contributed by atoms with Gasteiger partial charge in [0.1, 0.15) is 0 Å². The predicted molar refractivity (Wildman–Crippen MR) is 96.6 cm³/mol. The van der Waals surface area contributed by atoms with Gasteiger partial charge in [0.15, 0.2) is 5.13 Å². The third-order valence-corrected chi connectivity index (χ3v) is 5.80. The summed E-state index contributed by atoms with van der Waals surface area (Å²) in [7, 11) is 1.73. The van der Waals surface area contributed by atoms with Crippen LogP contribution in [0.3, 0.4) is 0 Å². The average Bonchev–Trinajstić information content (AvgIpc) is 3.04. The topological polar surface area (TPSA) is 48.9 Å². The molecular weight excluding hydrogens is 324 g/mol. The van der Waals surface area contributed by atoms with Gasteiger partial charge in [0.05, 0.1) is 12.5 Å². The van der Waals surface area contributed by atoms with Crippen molar-refractivity contribution in [2.24, 2.45) is 5.92 Å². The summed E-state index contributed by atoms with van der Waals surface area (Å²) in [4.78, 5) is 24.1. The summed E-state index contributed by atoms with van der Waals surface area (Å²) in [6.45, 7) is 7.20. The molecule has 1 unspecified atom stereocenters. The Kier molecular flexibility index (Phi) is 6.45. The molecule has 134 valence electrons. The summed E-state index contributed by atoms with van der Waals surface area (Å²) in [6, 6.07) is 0. The van der Waals surface area contributed by atoms with Crippen LogP contribution in [0.25, 0.3) is 0 Å². The lowest BCUT2D eigenvalue weighted by Gasteiger charge is -2.34. The lowest BCUT2D eigenvalue weighted by atomic mass is 9.96. The second-order valence-corrected chi connectivity index (χ2v) is 7.49. The molecule has 2 saturated heterocycles. The highest BCUT2D eigenvalue weighted by molar-refractivity contribution is 7.13. The number of amides is 1. The number of ether oxygens (including phenoxy) is 1.